The second-order valence-corrected chi connectivity index (χ2v) is 2.50. The number of hydrogen-bond donors (Lipinski definition) is 3. The van der Waals surface area contributed by atoms with Crippen LogP contribution in [0.25, 0.3) is 0 Å². The first-order chi connectivity index (χ1) is 6.16. The molecule has 13 heavy (non-hydrogen) atoms. The summed E-state index contributed by atoms with van der Waals surface area (Å²) in [5.74, 6) is 0. The lowest BCUT2D eigenvalue weighted by Crippen LogP contribution is -2.18. The van der Waals surface area contributed by atoms with Crippen LogP contribution in [0.15, 0.2) is 18.3 Å². The smallest absolute Gasteiger partial charge is 0.172 e. The first-order valence-electron chi connectivity index (χ1n) is 3.63. The Morgan fingerprint density at radius 1 is 1.54 bits per heavy atom. The minimum absolute atomic E-state index is 0.122. The normalized spacial score (nSPS) is 14.5. The molecule has 1 rings (SSSR count). The average Bonchev–Trinajstić information content (AvgIpc) is 2.16. The molecule has 0 spiro atoms. The highest BCUT2D eigenvalue weighted by atomic mass is 16.3. The van der Waals surface area contributed by atoms with Crippen LogP contribution in [-0.4, -0.2) is 21.3 Å². The average molecular weight is 179 g/mol. The number of nitrogens with two attached hydrogens (primary N) is 1. The highest BCUT2D eigenvalue weighted by molar-refractivity contribution is 5.43. The lowest BCUT2D eigenvalue weighted by atomic mass is 10.1. The van der Waals surface area contributed by atoms with E-state index in [1.54, 1.807) is 6.07 Å². The van der Waals surface area contributed by atoms with Gasteiger partial charge in [0.25, 0.3) is 0 Å². The lowest BCUT2D eigenvalue weighted by Gasteiger charge is -2.12. The van der Waals surface area contributed by atoms with Gasteiger partial charge in [-0.15, -0.1) is 0 Å². The highest BCUT2D eigenvalue weighted by Gasteiger charge is 2.20. The molecule has 0 aliphatic carbocycles. The molecule has 2 unspecified atom stereocenters. The number of pyridine rings is 1. The van der Waals surface area contributed by atoms with Crippen molar-refractivity contribution in [3.8, 4) is 6.07 Å². The third kappa shape index (κ3) is 1.93. The molecule has 1 aromatic rings. The number of nitrogen functional groups attached to an aromatic ring is 1. The topological polar surface area (TPSA) is 103 Å². The third-order valence-electron chi connectivity index (χ3n) is 1.58. The van der Waals surface area contributed by atoms with Crippen molar-refractivity contribution in [1.82, 2.24) is 4.98 Å². The largest absolute Gasteiger partial charge is 0.397 e. The molecule has 5 nitrogen and oxygen atoms in total. The van der Waals surface area contributed by atoms with Crippen molar-refractivity contribution in [3.05, 3.63) is 24.0 Å². The van der Waals surface area contributed by atoms with E-state index in [-0.39, 0.29) is 11.4 Å². The first-order valence-corrected chi connectivity index (χ1v) is 3.63. The molecule has 2 atom stereocenters. The molecule has 1 heterocycles. The Bertz CT molecular complexity index is 334. The van der Waals surface area contributed by atoms with Gasteiger partial charge in [-0.05, 0) is 12.1 Å². The minimum Gasteiger partial charge on any atom is -0.397 e. The zero-order valence-corrected chi connectivity index (χ0v) is 6.75. The van der Waals surface area contributed by atoms with Crippen molar-refractivity contribution in [2.45, 2.75) is 12.2 Å². The molecule has 0 aromatic carbocycles. The van der Waals surface area contributed by atoms with E-state index in [2.05, 4.69) is 4.98 Å². The van der Waals surface area contributed by atoms with Gasteiger partial charge in [-0.25, -0.2) is 0 Å². The predicted octanol–water partition coefficient (Wildman–Crippen LogP) is -0.418. The van der Waals surface area contributed by atoms with Crippen LogP contribution >= 0.6 is 0 Å². The van der Waals surface area contributed by atoms with Crippen molar-refractivity contribution in [3.63, 3.8) is 0 Å². The fourth-order valence-electron chi connectivity index (χ4n) is 0.897. The quantitative estimate of drug-likeness (QED) is 0.535. The van der Waals surface area contributed by atoms with Gasteiger partial charge in [0.15, 0.2) is 6.10 Å². The SMILES string of the molecule is N#CC(O)C(O)c1ncccc1N. The van der Waals surface area contributed by atoms with Crippen LogP contribution in [0.4, 0.5) is 5.69 Å². The van der Waals surface area contributed by atoms with Gasteiger partial charge in [0.2, 0.25) is 0 Å². The zero-order valence-electron chi connectivity index (χ0n) is 6.75. The maximum Gasteiger partial charge on any atom is 0.172 e. The summed E-state index contributed by atoms with van der Waals surface area (Å²) in [5, 5.41) is 26.7. The summed E-state index contributed by atoms with van der Waals surface area (Å²) in [5.41, 5.74) is 5.85. The van der Waals surface area contributed by atoms with Gasteiger partial charge in [0, 0.05) is 6.20 Å². The molecule has 4 N–H and O–H groups in total. The van der Waals surface area contributed by atoms with Crippen LogP contribution in [0.1, 0.15) is 11.8 Å². The number of aliphatic hydroxyl groups is 2. The lowest BCUT2D eigenvalue weighted by molar-refractivity contribution is 0.0504. The minimum atomic E-state index is -1.50. The number of nitriles is 1. The highest BCUT2D eigenvalue weighted by Crippen LogP contribution is 2.19. The number of anilines is 1. The second kappa shape index (κ2) is 3.85. The van der Waals surface area contributed by atoms with Crippen molar-refractivity contribution >= 4 is 5.69 Å². The molecular weight excluding hydrogens is 170 g/mol. The number of aromatic nitrogens is 1. The Labute approximate surface area is 75.1 Å². The van der Waals surface area contributed by atoms with E-state index in [0.717, 1.165) is 0 Å². The van der Waals surface area contributed by atoms with Gasteiger partial charge in [0.05, 0.1) is 17.5 Å². The summed E-state index contributed by atoms with van der Waals surface area (Å²) in [6.07, 6.45) is -1.43. The Morgan fingerprint density at radius 2 is 2.23 bits per heavy atom. The maximum atomic E-state index is 9.35. The van der Waals surface area contributed by atoms with Crippen molar-refractivity contribution in [2.75, 3.05) is 5.73 Å². The van der Waals surface area contributed by atoms with Gasteiger partial charge in [-0.3, -0.25) is 4.98 Å². The molecule has 0 amide bonds. The fraction of sp³-hybridized carbons (Fsp3) is 0.250. The predicted molar refractivity (Wildman–Crippen MR) is 45.2 cm³/mol. The van der Waals surface area contributed by atoms with E-state index in [4.69, 9.17) is 16.1 Å². The van der Waals surface area contributed by atoms with Gasteiger partial charge >= 0.3 is 0 Å². The number of nitrogens with zero attached hydrogens (tertiary/aromatic N) is 2. The fourth-order valence-corrected chi connectivity index (χ4v) is 0.897. The van der Waals surface area contributed by atoms with Gasteiger partial charge in [-0.1, -0.05) is 0 Å². The molecule has 0 aliphatic heterocycles. The Balaban J connectivity index is 2.96. The van der Waals surface area contributed by atoms with E-state index >= 15 is 0 Å². The summed E-state index contributed by atoms with van der Waals surface area (Å²) in [4.78, 5) is 3.76. The molecule has 0 saturated heterocycles. The Hall–Kier alpha value is -1.64. The zero-order chi connectivity index (χ0) is 9.84. The summed E-state index contributed by atoms with van der Waals surface area (Å²) >= 11 is 0. The first kappa shape index (κ1) is 9.45. The van der Waals surface area contributed by atoms with Crippen molar-refractivity contribution in [1.29, 1.82) is 5.26 Å². The van der Waals surface area contributed by atoms with E-state index in [1.807, 2.05) is 0 Å². The number of rotatable bonds is 2. The Morgan fingerprint density at radius 3 is 2.77 bits per heavy atom. The maximum absolute atomic E-state index is 9.35. The molecule has 0 aliphatic rings. The van der Waals surface area contributed by atoms with Gasteiger partial charge in [-0.2, -0.15) is 5.26 Å². The van der Waals surface area contributed by atoms with E-state index in [1.165, 1.54) is 18.3 Å². The molecule has 0 fully saturated rings. The van der Waals surface area contributed by atoms with E-state index < -0.39 is 12.2 Å². The number of hydrogen-bond acceptors (Lipinski definition) is 5. The summed E-state index contributed by atoms with van der Waals surface area (Å²) < 4.78 is 0. The Kier molecular flexibility index (Phi) is 2.80. The number of aliphatic hydroxyl groups excluding tert-OH is 2. The van der Waals surface area contributed by atoms with Crippen LogP contribution < -0.4 is 5.73 Å². The van der Waals surface area contributed by atoms with Crippen LogP contribution in [0, 0.1) is 11.3 Å². The monoisotopic (exact) mass is 179 g/mol. The third-order valence-corrected chi connectivity index (χ3v) is 1.58. The molecule has 0 saturated carbocycles. The summed E-state index contributed by atoms with van der Waals surface area (Å²) in [7, 11) is 0. The van der Waals surface area contributed by atoms with Gasteiger partial charge in [0.1, 0.15) is 6.10 Å². The summed E-state index contributed by atoms with van der Waals surface area (Å²) in [6, 6.07) is 4.64. The van der Waals surface area contributed by atoms with Crippen LogP contribution in [0.2, 0.25) is 0 Å². The summed E-state index contributed by atoms with van der Waals surface area (Å²) in [6.45, 7) is 0. The van der Waals surface area contributed by atoms with E-state index in [9.17, 15) is 5.11 Å². The molecule has 68 valence electrons. The van der Waals surface area contributed by atoms with Crippen LogP contribution in [0.5, 0.6) is 0 Å². The van der Waals surface area contributed by atoms with Crippen LogP contribution in [-0.2, 0) is 0 Å². The molecular formula is C8H9N3O2. The molecule has 0 radical (unpaired) electrons. The van der Waals surface area contributed by atoms with Crippen molar-refractivity contribution in [2.24, 2.45) is 0 Å². The van der Waals surface area contributed by atoms with E-state index in [0.29, 0.717) is 0 Å². The second-order valence-electron chi connectivity index (χ2n) is 2.50. The standard InChI is InChI=1S/C8H9N3O2/c9-4-6(12)8(13)7-5(10)2-1-3-11-7/h1-3,6,8,12-13H,10H2. The molecule has 0 bridgehead atoms. The van der Waals surface area contributed by atoms with Gasteiger partial charge < -0.3 is 15.9 Å². The molecule has 5 heteroatoms. The van der Waals surface area contributed by atoms with Crippen molar-refractivity contribution < 1.29 is 10.2 Å². The van der Waals surface area contributed by atoms with Crippen LogP contribution in [0.3, 0.4) is 0 Å². The molecule has 1 aromatic heterocycles.